The fourth-order valence-electron chi connectivity index (χ4n) is 2.34. The smallest absolute Gasteiger partial charge is 0.328 e. The minimum Gasteiger partial charge on any atom is -0.489 e. The fraction of sp³-hybridized carbons (Fsp3) is 0.0500. The number of carboxylic acids is 1. The molecule has 3 aromatic carbocycles. The molecule has 0 unspecified atom stereocenters. The van der Waals surface area contributed by atoms with Gasteiger partial charge in [0.1, 0.15) is 12.4 Å². The zero-order valence-electron chi connectivity index (χ0n) is 12.5. The number of hydrogen-bond donors (Lipinski definition) is 1. The Kier molecular flexibility index (Phi) is 4.39. The van der Waals surface area contributed by atoms with Gasteiger partial charge in [0.25, 0.3) is 0 Å². The molecular formula is C20H16O3. The molecular weight excluding hydrogens is 288 g/mol. The van der Waals surface area contributed by atoms with E-state index >= 15 is 0 Å². The number of rotatable bonds is 5. The van der Waals surface area contributed by atoms with Gasteiger partial charge < -0.3 is 9.84 Å². The molecule has 0 spiro atoms. The van der Waals surface area contributed by atoms with E-state index in [-0.39, 0.29) is 0 Å². The van der Waals surface area contributed by atoms with Gasteiger partial charge in [-0.2, -0.15) is 0 Å². The van der Waals surface area contributed by atoms with Crippen LogP contribution in [0.1, 0.15) is 11.1 Å². The van der Waals surface area contributed by atoms with Gasteiger partial charge in [-0.25, -0.2) is 4.79 Å². The summed E-state index contributed by atoms with van der Waals surface area (Å²) in [6.07, 6.45) is 2.72. The van der Waals surface area contributed by atoms with Crippen LogP contribution >= 0.6 is 0 Å². The van der Waals surface area contributed by atoms with E-state index in [9.17, 15) is 4.79 Å². The third kappa shape index (κ3) is 3.98. The molecule has 0 fully saturated rings. The second-order valence-corrected chi connectivity index (χ2v) is 5.21. The fourth-order valence-corrected chi connectivity index (χ4v) is 2.34. The van der Waals surface area contributed by atoms with Crippen molar-refractivity contribution in [3.63, 3.8) is 0 Å². The molecule has 114 valence electrons. The predicted molar refractivity (Wildman–Crippen MR) is 91.4 cm³/mol. The molecule has 3 aromatic rings. The highest BCUT2D eigenvalue weighted by Gasteiger charge is 2.00. The van der Waals surface area contributed by atoms with Crippen LogP contribution in [0.15, 0.2) is 72.8 Å². The normalized spacial score (nSPS) is 11.0. The molecule has 0 radical (unpaired) electrons. The summed E-state index contributed by atoms with van der Waals surface area (Å²) in [5, 5.41) is 10.8. The maximum atomic E-state index is 10.6. The Labute approximate surface area is 134 Å². The number of fused-ring (bicyclic) bond motifs is 1. The molecule has 0 amide bonds. The molecule has 0 atom stereocenters. The molecule has 0 aliphatic carbocycles. The number of carboxylic acid groups (broad SMARTS) is 1. The molecule has 0 aliphatic heterocycles. The topological polar surface area (TPSA) is 46.5 Å². The average Bonchev–Trinajstić information content (AvgIpc) is 2.59. The molecule has 3 nitrogen and oxygen atoms in total. The van der Waals surface area contributed by atoms with Gasteiger partial charge in [-0.05, 0) is 46.2 Å². The van der Waals surface area contributed by atoms with Crippen LogP contribution in [0.25, 0.3) is 16.8 Å². The summed E-state index contributed by atoms with van der Waals surface area (Å²) in [6, 6.07) is 21.7. The lowest BCUT2D eigenvalue weighted by Crippen LogP contribution is -1.94. The summed E-state index contributed by atoms with van der Waals surface area (Å²) in [5.41, 5.74) is 1.99. The van der Waals surface area contributed by atoms with Crippen LogP contribution in [-0.2, 0) is 11.4 Å². The van der Waals surface area contributed by atoms with Gasteiger partial charge in [0.05, 0.1) is 0 Å². The summed E-state index contributed by atoms with van der Waals surface area (Å²) in [6.45, 7) is 0.534. The van der Waals surface area contributed by atoms with E-state index in [2.05, 4.69) is 0 Å². The first-order valence-electron chi connectivity index (χ1n) is 7.32. The number of ether oxygens (including phenoxy) is 1. The Bertz CT molecular complexity index is 851. The minimum atomic E-state index is -0.949. The van der Waals surface area contributed by atoms with Crippen molar-refractivity contribution in [3.8, 4) is 5.75 Å². The molecule has 0 aliphatic rings. The highest BCUT2D eigenvalue weighted by atomic mass is 16.5. The van der Waals surface area contributed by atoms with E-state index in [0.717, 1.165) is 33.7 Å². The first-order valence-corrected chi connectivity index (χ1v) is 7.32. The maximum absolute atomic E-state index is 10.6. The van der Waals surface area contributed by atoms with Crippen molar-refractivity contribution in [1.82, 2.24) is 0 Å². The number of hydrogen-bond acceptors (Lipinski definition) is 2. The van der Waals surface area contributed by atoms with Crippen molar-refractivity contribution in [2.75, 3.05) is 0 Å². The quantitative estimate of drug-likeness (QED) is 0.705. The first-order chi connectivity index (χ1) is 11.2. The summed E-state index contributed by atoms with van der Waals surface area (Å²) >= 11 is 0. The largest absolute Gasteiger partial charge is 0.489 e. The van der Waals surface area contributed by atoms with Crippen LogP contribution in [0.5, 0.6) is 5.75 Å². The van der Waals surface area contributed by atoms with Gasteiger partial charge in [0.2, 0.25) is 0 Å². The Morgan fingerprint density at radius 1 is 0.957 bits per heavy atom. The third-order valence-corrected chi connectivity index (χ3v) is 3.50. The molecule has 0 bridgehead atoms. The van der Waals surface area contributed by atoms with Crippen LogP contribution in [-0.4, -0.2) is 11.1 Å². The predicted octanol–water partition coefficient (Wildman–Crippen LogP) is 4.52. The molecule has 1 N–H and O–H groups in total. The zero-order chi connectivity index (χ0) is 16.1. The van der Waals surface area contributed by atoms with Gasteiger partial charge in [-0.15, -0.1) is 0 Å². The van der Waals surface area contributed by atoms with Crippen molar-refractivity contribution < 1.29 is 14.6 Å². The highest BCUT2D eigenvalue weighted by Crippen LogP contribution is 2.23. The standard InChI is InChI=1S/C20H16O3/c21-20(22)11-7-15-6-8-18-13-19(10-9-17(18)12-15)23-14-16-4-2-1-3-5-16/h1-13H,14H2,(H,21,22)/b11-7+. The van der Waals surface area contributed by atoms with Crippen LogP contribution in [0.2, 0.25) is 0 Å². The lowest BCUT2D eigenvalue weighted by Gasteiger charge is -2.08. The number of carbonyl (C=O) groups is 1. The monoisotopic (exact) mass is 304 g/mol. The van der Waals surface area contributed by atoms with E-state index in [1.165, 1.54) is 0 Å². The van der Waals surface area contributed by atoms with Gasteiger partial charge >= 0.3 is 5.97 Å². The molecule has 3 heteroatoms. The molecule has 3 rings (SSSR count). The van der Waals surface area contributed by atoms with Crippen molar-refractivity contribution in [2.24, 2.45) is 0 Å². The van der Waals surface area contributed by atoms with Crippen molar-refractivity contribution in [2.45, 2.75) is 6.61 Å². The van der Waals surface area contributed by atoms with E-state index in [4.69, 9.17) is 9.84 Å². The minimum absolute atomic E-state index is 0.534. The van der Waals surface area contributed by atoms with Gasteiger partial charge in [0, 0.05) is 6.08 Å². The Balaban J connectivity index is 1.77. The average molecular weight is 304 g/mol. The second kappa shape index (κ2) is 6.79. The lowest BCUT2D eigenvalue weighted by atomic mass is 10.1. The third-order valence-electron chi connectivity index (χ3n) is 3.50. The lowest BCUT2D eigenvalue weighted by molar-refractivity contribution is -0.131. The van der Waals surface area contributed by atoms with E-state index in [1.807, 2.05) is 66.7 Å². The van der Waals surface area contributed by atoms with Crippen LogP contribution < -0.4 is 4.74 Å². The summed E-state index contributed by atoms with van der Waals surface area (Å²) in [4.78, 5) is 10.6. The molecule has 0 aromatic heterocycles. The molecule has 0 saturated heterocycles. The molecule has 23 heavy (non-hydrogen) atoms. The summed E-state index contributed by atoms with van der Waals surface area (Å²) in [5.74, 6) is -0.134. The van der Waals surface area contributed by atoms with Crippen LogP contribution in [0, 0.1) is 0 Å². The van der Waals surface area contributed by atoms with E-state index in [0.29, 0.717) is 6.61 Å². The Morgan fingerprint density at radius 3 is 2.48 bits per heavy atom. The summed E-state index contributed by atoms with van der Waals surface area (Å²) < 4.78 is 5.82. The number of aliphatic carboxylic acids is 1. The van der Waals surface area contributed by atoms with Crippen molar-refractivity contribution in [3.05, 3.63) is 83.9 Å². The van der Waals surface area contributed by atoms with Gasteiger partial charge in [-0.1, -0.05) is 48.5 Å². The second-order valence-electron chi connectivity index (χ2n) is 5.21. The Hall–Kier alpha value is -3.07. The molecule has 0 heterocycles. The van der Waals surface area contributed by atoms with Crippen LogP contribution in [0.3, 0.4) is 0 Å². The first kappa shape index (κ1) is 14.9. The van der Waals surface area contributed by atoms with E-state index < -0.39 is 5.97 Å². The van der Waals surface area contributed by atoms with Gasteiger partial charge in [-0.3, -0.25) is 0 Å². The Morgan fingerprint density at radius 2 is 1.70 bits per heavy atom. The van der Waals surface area contributed by atoms with Gasteiger partial charge in [0.15, 0.2) is 0 Å². The van der Waals surface area contributed by atoms with Crippen LogP contribution in [0.4, 0.5) is 0 Å². The zero-order valence-corrected chi connectivity index (χ0v) is 12.5. The number of benzene rings is 3. The highest BCUT2D eigenvalue weighted by molar-refractivity contribution is 5.89. The van der Waals surface area contributed by atoms with Crippen molar-refractivity contribution in [1.29, 1.82) is 0 Å². The SMILES string of the molecule is O=C(O)/C=C/c1ccc2cc(OCc3ccccc3)ccc2c1. The molecule has 0 saturated carbocycles. The summed E-state index contributed by atoms with van der Waals surface area (Å²) in [7, 11) is 0. The van der Waals surface area contributed by atoms with E-state index in [1.54, 1.807) is 6.08 Å². The maximum Gasteiger partial charge on any atom is 0.328 e. The van der Waals surface area contributed by atoms with Crippen molar-refractivity contribution >= 4 is 22.8 Å².